The molecule has 1 heterocycles. The fraction of sp³-hybridized carbons (Fsp3) is 0.250. The maximum absolute atomic E-state index is 12.2. The largest absolute Gasteiger partial charge is 0.374 e. The average Bonchev–Trinajstić information content (AvgIpc) is 2.74. The summed E-state index contributed by atoms with van der Waals surface area (Å²) in [6.07, 6.45) is 0. The number of anilines is 2. The van der Waals surface area contributed by atoms with Crippen molar-refractivity contribution < 1.29 is 4.79 Å². The Morgan fingerprint density at radius 1 is 1.33 bits per heavy atom. The molecule has 1 amide bonds. The van der Waals surface area contributed by atoms with E-state index in [0.29, 0.717) is 10.1 Å². The Labute approximate surface area is 109 Å². The van der Waals surface area contributed by atoms with Crippen molar-refractivity contribution in [1.29, 1.82) is 0 Å². The molecule has 0 aliphatic heterocycles. The van der Waals surface area contributed by atoms with Crippen LogP contribution in [0.2, 0.25) is 0 Å². The van der Waals surface area contributed by atoms with E-state index < -0.39 is 0 Å². The number of amides is 1. The highest BCUT2D eigenvalue weighted by Gasteiger charge is 2.19. The zero-order valence-electron chi connectivity index (χ0n) is 10.5. The smallest absolute Gasteiger partial charge is 0.289 e. The fourth-order valence-corrected chi connectivity index (χ4v) is 2.34. The van der Waals surface area contributed by atoms with Gasteiger partial charge in [0.15, 0.2) is 0 Å². The third kappa shape index (κ3) is 2.33. The molecule has 0 fully saturated rings. The summed E-state index contributed by atoms with van der Waals surface area (Å²) in [4.78, 5) is 13.7. The number of benzene rings is 1. The number of hydrogen-bond acceptors (Lipinski definition) is 5. The molecular formula is C12H14N4OS. The number of carbonyl (C=O) groups excluding carboxylic acids is 1. The van der Waals surface area contributed by atoms with Gasteiger partial charge < -0.3 is 10.6 Å². The van der Waals surface area contributed by atoms with Crippen molar-refractivity contribution >= 4 is 28.1 Å². The number of nitrogens with zero attached hydrogens (tertiary/aromatic N) is 3. The maximum Gasteiger partial charge on any atom is 0.289 e. The van der Waals surface area contributed by atoms with Crippen LogP contribution in [0.25, 0.3) is 0 Å². The van der Waals surface area contributed by atoms with Gasteiger partial charge in [0.2, 0.25) is 10.1 Å². The zero-order valence-corrected chi connectivity index (χ0v) is 11.3. The third-order valence-electron chi connectivity index (χ3n) is 2.64. The first-order valence-corrected chi connectivity index (χ1v) is 6.25. The van der Waals surface area contributed by atoms with Crippen molar-refractivity contribution in [2.45, 2.75) is 13.8 Å². The van der Waals surface area contributed by atoms with E-state index in [1.807, 2.05) is 32.0 Å². The highest BCUT2D eigenvalue weighted by atomic mass is 32.1. The first-order valence-electron chi connectivity index (χ1n) is 5.43. The SMILES string of the molecule is Cc1ccc(N(C)C(=O)c2nnc(N)s2)c(C)c1. The van der Waals surface area contributed by atoms with E-state index in [9.17, 15) is 4.79 Å². The molecule has 0 bridgehead atoms. The summed E-state index contributed by atoms with van der Waals surface area (Å²) in [6, 6.07) is 5.93. The summed E-state index contributed by atoms with van der Waals surface area (Å²) >= 11 is 1.09. The van der Waals surface area contributed by atoms with Gasteiger partial charge in [0.1, 0.15) is 0 Å². The number of rotatable bonds is 2. The average molecular weight is 262 g/mol. The Bertz CT molecular complexity index is 594. The number of aryl methyl sites for hydroxylation is 2. The summed E-state index contributed by atoms with van der Waals surface area (Å²) in [7, 11) is 1.72. The molecule has 94 valence electrons. The maximum atomic E-state index is 12.2. The summed E-state index contributed by atoms with van der Waals surface area (Å²) in [6.45, 7) is 3.99. The van der Waals surface area contributed by atoms with Gasteiger partial charge in [-0.25, -0.2) is 0 Å². The van der Waals surface area contributed by atoms with Crippen LogP contribution >= 0.6 is 11.3 Å². The first-order chi connectivity index (χ1) is 8.49. The van der Waals surface area contributed by atoms with E-state index in [1.165, 1.54) is 0 Å². The Balaban J connectivity index is 2.31. The van der Waals surface area contributed by atoms with Crippen LogP contribution in [-0.4, -0.2) is 23.2 Å². The molecule has 0 aliphatic carbocycles. The van der Waals surface area contributed by atoms with Crippen LogP contribution in [0.3, 0.4) is 0 Å². The molecule has 2 N–H and O–H groups in total. The van der Waals surface area contributed by atoms with Crippen LogP contribution in [-0.2, 0) is 0 Å². The van der Waals surface area contributed by atoms with Crippen molar-refractivity contribution in [3.63, 3.8) is 0 Å². The normalized spacial score (nSPS) is 10.4. The number of aromatic nitrogens is 2. The van der Waals surface area contributed by atoms with Crippen LogP contribution in [0.5, 0.6) is 0 Å². The molecule has 1 aromatic carbocycles. The van der Waals surface area contributed by atoms with E-state index in [1.54, 1.807) is 11.9 Å². The number of carbonyl (C=O) groups is 1. The minimum atomic E-state index is -0.198. The summed E-state index contributed by atoms with van der Waals surface area (Å²) in [5, 5.41) is 8.01. The van der Waals surface area contributed by atoms with Crippen LogP contribution in [0.4, 0.5) is 10.8 Å². The Morgan fingerprint density at radius 2 is 2.06 bits per heavy atom. The third-order valence-corrected chi connectivity index (χ3v) is 3.38. The van der Waals surface area contributed by atoms with Crippen molar-refractivity contribution in [3.05, 3.63) is 34.3 Å². The van der Waals surface area contributed by atoms with Gasteiger partial charge in [-0.3, -0.25) is 4.79 Å². The molecule has 0 aliphatic rings. The minimum Gasteiger partial charge on any atom is -0.374 e. The van der Waals surface area contributed by atoms with Crippen LogP contribution in [0.1, 0.15) is 20.9 Å². The number of nitrogen functional groups attached to an aromatic ring is 1. The van der Waals surface area contributed by atoms with E-state index in [4.69, 9.17) is 5.73 Å². The van der Waals surface area contributed by atoms with Crippen molar-refractivity contribution in [2.24, 2.45) is 0 Å². The lowest BCUT2D eigenvalue weighted by Crippen LogP contribution is -2.26. The molecule has 0 radical (unpaired) electrons. The van der Waals surface area contributed by atoms with E-state index >= 15 is 0 Å². The second-order valence-electron chi connectivity index (χ2n) is 4.10. The standard InChI is InChI=1S/C12H14N4OS/c1-7-4-5-9(8(2)6-7)16(3)11(17)10-14-15-12(13)18-10/h4-6H,1-3H3,(H2,13,15). The molecule has 5 nitrogen and oxygen atoms in total. The van der Waals surface area contributed by atoms with Crippen LogP contribution in [0, 0.1) is 13.8 Å². The van der Waals surface area contributed by atoms with Crippen LogP contribution in [0.15, 0.2) is 18.2 Å². The highest BCUT2D eigenvalue weighted by Crippen LogP contribution is 2.22. The fourth-order valence-electron chi connectivity index (χ4n) is 1.76. The first kappa shape index (κ1) is 12.5. The quantitative estimate of drug-likeness (QED) is 0.898. The van der Waals surface area contributed by atoms with Gasteiger partial charge in [-0.15, -0.1) is 10.2 Å². The van der Waals surface area contributed by atoms with Gasteiger partial charge in [-0.05, 0) is 25.5 Å². The van der Waals surface area contributed by atoms with Crippen molar-refractivity contribution in [1.82, 2.24) is 10.2 Å². The van der Waals surface area contributed by atoms with Gasteiger partial charge in [-0.2, -0.15) is 0 Å². The van der Waals surface area contributed by atoms with Gasteiger partial charge in [0, 0.05) is 12.7 Å². The Morgan fingerprint density at radius 3 is 2.61 bits per heavy atom. The molecule has 0 saturated heterocycles. The Kier molecular flexibility index (Phi) is 3.29. The molecule has 0 spiro atoms. The second-order valence-corrected chi connectivity index (χ2v) is 5.11. The lowest BCUT2D eigenvalue weighted by Gasteiger charge is -2.18. The van der Waals surface area contributed by atoms with E-state index in [0.717, 1.165) is 28.2 Å². The van der Waals surface area contributed by atoms with Crippen molar-refractivity contribution in [3.8, 4) is 0 Å². The monoisotopic (exact) mass is 262 g/mol. The predicted octanol–water partition coefficient (Wildman–Crippen LogP) is 2.01. The molecule has 18 heavy (non-hydrogen) atoms. The number of nitrogens with two attached hydrogens (primary N) is 1. The lowest BCUT2D eigenvalue weighted by atomic mass is 10.1. The van der Waals surface area contributed by atoms with Gasteiger partial charge in [-0.1, -0.05) is 29.0 Å². The molecule has 6 heteroatoms. The molecular weight excluding hydrogens is 248 g/mol. The Hall–Kier alpha value is -1.95. The molecule has 0 unspecified atom stereocenters. The van der Waals surface area contributed by atoms with Gasteiger partial charge in [0.25, 0.3) is 5.91 Å². The predicted molar refractivity (Wildman–Crippen MR) is 73.0 cm³/mol. The molecule has 2 aromatic rings. The second kappa shape index (κ2) is 4.73. The minimum absolute atomic E-state index is 0.198. The van der Waals surface area contributed by atoms with Gasteiger partial charge >= 0.3 is 0 Å². The summed E-state index contributed by atoms with van der Waals surface area (Å²) in [5.41, 5.74) is 8.55. The zero-order chi connectivity index (χ0) is 13.3. The van der Waals surface area contributed by atoms with E-state index in [-0.39, 0.29) is 5.91 Å². The number of hydrogen-bond donors (Lipinski definition) is 1. The summed E-state index contributed by atoms with van der Waals surface area (Å²) < 4.78 is 0. The highest BCUT2D eigenvalue weighted by molar-refractivity contribution is 7.17. The molecule has 0 saturated carbocycles. The lowest BCUT2D eigenvalue weighted by molar-refractivity contribution is 0.0992. The van der Waals surface area contributed by atoms with Gasteiger partial charge in [0.05, 0.1) is 0 Å². The topological polar surface area (TPSA) is 72.1 Å². The molecule has 2 rings (SSSR count). The van der Waals surface area contributed by atoms with E-state index in [2.05, 4.69) is 10.2 Å². The van der Waals surface area contributed by atoms with Crippen molar-refractivity contribution in [2.75, 3.05) is 17.7 Å². The van der Waals surface area contributed by atoms with Crippen LogP contribution < -0.4 is 10.6 Å². The summed E-state index contributed by atoms with van der Waals surface area (Å²) in [5.74, 6) is -0.198. The molecule has 0 atom stereocenters. The molecule has 1 aromatic heterocycles.